The van der Waals surface area contributed by atoms with Crippen molar-refractivity contribution in [2.24, 2.45) is 5.92 Å². The first-order valence-electron chi connectivity index (χ1n) is 14.5. The van der Waals surface area contributed by atoms with E-state index in [-0.39, 0.29) is 32.0 Å². The highest BCUT2D eigenvalue weighted by atomic mass is 16.6. The zero-order chi connectivity index (χ0) is 30.2. The molecule has 2 heterocycles. The van der Waals surface area contributed by atoms with E-state index in [1.165, 1.54) is 0 Å². The van der Waals surface area contributed by atoms with Crippen LogP contribution in [-0.2, 0) is 27.1 Å². The Hall–Kier alpha value is -4.53. The fourth-order valence-electron chi connectivity index (χ4n) is 5.36. The number of furan rings is 1. The lowest BCUT2D eigenvalue weighted by Gasteiger charge is -2.24. The van der Waals surface area contributed by atoms with Crippen LogP contribution in [0.25, 0.3) is 11.1 Å². The normalized spacial score (nSPS) is 15.3. The lowest BCUT2D eigenvalue weighted by atomic mass is 9.91. The monoisotopic (exact) mass is 581 g/mol. The van der Waals surface area contributed by atoms with Crippen LogP contribution in [0.3, 0.4) is 0 Å². The Morgan fingerprint density at radius 2 is 1.72 bits per heavy atom. The van der Waals surface area contributed by atoms with E-state index in [4.69, 9.17) is 19.0 Å². The van der Waals surface area contributed by atoms with Crippen LogP contribution >= 0.6 is 0 Å². The Morgan fingerprint density at radius 1 is 0.977 bits per heavy atom. The molecule has 0 unspecified atom stereocenters. The highest BCUT2D eigenvalue weighted by molar-refractivity contribution is 6.12. The van der Waals surface area contributed by atoms with Crippen LogP contribution in [-0.4, -0.2) is 54.2 Å². The van der Waals surface area contributed by atoms with Gasteiger partial charge in [0.05, 0.1) is 13.2 Å². The first kappa shape index (κ1) is 29.9. The Morgan fingerprint density at radius 3 is 2.44 bits per heavy atom. The van der Waals surface area contributed by atoms with E-state index in [0.29, 0.717) is 25.2 Å². The number of aliphatic hydroxyl groups is 1. The Balaban J connectivity index is 1.50. The highest BCUT2D eigenvalue weighted by Gasteiger charge is 2.44. The zero-order valence-corrected chi connectivity index (χ0v) is 24.1. The molecule has 1 fully saturated rings. The summed E-state index contributed by atoms with van der Waals surface area (Å²) in [5, 5.41) is 9.00. The maximum Gasteiger partial charge on any atom is 0.417 e. The number of ether oxygens (including phenoxy) is 2. The number of cyclic esters (lactones) is 1. The summed E-state index contributed by atoms with van der Waals surface area (Å²) in [6.07, 6.45) is 0.431. The summed E-state index contributed by atoms with van der Waals surface area (Å²) in [5.74, 6) is -1.68. The molecule has 8 heteroatoms. The van der Waals surface area contributed by atoms with Gasteiger partial charge in [0.2, 0.25) is 11.7 Å². The van der Waals surface area contributed by atoms with Crippen LogP contribution in [0.15, 0.2) is 95.4 Å². The average Bonchev–Trinajstić information content (AvgIpc) is 3.64. The number of carbonyl (C=O) groups is 3. The summed E-state index contributed by atoms with van der Waals surface area (Å²) in [7, 11) is 0. The molecule has 1 N–H and O–H groups in total. The van der Waals surface area contributed by atoms with Gasteiger partial charge in [-0.3, -0.25) is 9.59 Å². The molecule has 8 nitrogen and oxygen atoms in total. The van der Waals surface area contributed by atoms with Crippen molar-refractivity contribution in [2.45, 2.75) is 32.2 Å². The number of hydrogen-bond acceptors (Lipinski definition) is 7. The molecule has 0 saturated carbocycles. The molecule has 1 aromatic heterocycles. The van der Waals surface area contributed by atoms with E-state index in [2.05, 4.69) is 0 Å². The molecule has 0 bridgehead atoms. The molecule has 0 aliphatic carbocycles. The van der Waals surface area contributed by atoms with Crippen molar-refractivity contribution >= 4 is 17.8 Å². The van der Waals surface area contributed by atoms with Gasteiger partial charge < -0.3 is 19.0 Å². The Labute approximate surface area is 250 Å². The molecule has 2 atom stereocenters. The molecule has 43 heavy (non-hydrogen) atoms. The molecule has 1 saturated heterocycles. The van der Waals surface area contributed by atoms with E-state index >= 15 is 0 Å². The minimum Gasteiger partial charge on any atom is -0.457 e. The van der Waals surface area contributed by atoms with Gasteiger partial charge >= 0.3 is 6.09 Å². The van der Waals surface area contributed by atoms with Gasteiger partial charge in [0.25, 0.3) is 0 Å². The van der Waals surface area contributed by atoms with Crippen LogP contribution in [0.1, 0.15) is 45.5 Å². The smallest absolute Gasteiger partial charge is 0.417 e. The summed E-state index contributed by atoms with van der Waals surface area (Å²) in [6.45, 7) is 2.62. The van der Waals surface area contributed by atoms with Crippen molar-refractivity contribution in [3.63, 3.8) is 0 Å². The first-order valence-corrected chi connectivity index (χ1v) is 14.5. The summed E-state index contributed by atoms with van der Waals surface area (Å²) in [6, 6.07) is 27.4. The maximum atomic E-state index is 14.2. The van der Waals surface area contributed by atoms with Gasteiger partial charge in [-0.15, -0.1) is 0 Å². The Kier molecular flexibility index (Phi) is 9.81. The van der Waals surface area contributed by atoms with E-state index in [1.807, 2.05) is 91.9 Å². The first-order chi connectivity index (χ1) is 21.0. The molecule has 4 aromatic rings. The topological polar surface area (TPSA) is 106 Å². The summed E-state index contributed by atoms with van der Waals surface area (Å²) in [5.41, 5.74) is 4.25. The number of aliphatic hydroxyl groups excluding tert-OH is 1. The number of amides is 2. The predicted octanol–water partition coefficient (Wildman–Crippen LogP) is 5.96. The fraction of sp³-hybridized carbons (Fsp3) is 0.286. The lowest BCUT2D eigenvalue weighted by molar-refractivity contribution is -0.132. The molecular formula is C35H35NO7. The number of ketones is 1. The fourth-order valence-corrected chi connectivity index (χ4v) is 5.36. The standard InChI is InChI=1S/C35H35NO7/c1-24-10-8-15-27(20-24)28-22-32(43-31(28)16-9-18-41-19-17-37)33(38)29(21-25-11-4-2-5-12-25)34(39)36-30(23-42-35(36)40)26-13-6-3-7-14-26/h2-8,10-15,20,22,29-30,37H,9,16-19,21,23H2,1H3/t29-,30+/m0/s1. The second-order valence-electron chi connectivity index (χ2n) is 10.6. The van der Waals surface area contributed by atoms with Crippen molar-refractivity contribution in [1.82, 2.24) is 4.90 Å². The maximum absolute atomic E-state index is 14.2. The third-order valence-electron chi connectivity index (χ3n) is 7.50. The molecule has 0 spiro atoms. The van der Waals surface area contributed by atoms with E-state index in [0.717, 1.165) is 32.7 Å². The molecule has 0 radical (unpaired) electrons. The number of carbonyl (C=O) groups excluding carboxylic acids is 3. The number of benzene rings is 3. The number of hydrogen-bond donors (Lipinski definition) is 1. The molecular weight excluding hydrogens is 546 g/mol. The molecule has 222 valence electrons. The van der Waals surface area contributed by atoms with Crippen LogP contribution in [0.4, 0.5) is 4.79 Å². The van der Waals surface area contributed by atoms with Crippen molar-refractivity contribution < 1.29 is 33.4 Å². The second kappa shape index (κ2) is 14.1. The number of aryl methyl sites for hydroxylation is 2. The third kappa shape index (κ3) is 7.10. The molecule has 5 rings (SSSR count). The van der Waals surface area contributed by atoms with Crippen molar-refractivity contribution in [2.75, 3.05) is 26.4 Å². The van der Waals surface area contributed by atoms with Gasteiger partial charge in [-0.25, -0.2) is 9.69 Å². The second-order valence-corrected chi connectivity index (χ2v) is 10.6. The predicted molar refractivity (Wildman–Crippen MR) is 160 cm³/mol. The largest absolute Gasteiger partial charge is 0.457 e. The van der Waals surface area contributed by atoms with Crippen LogP contribution in [0.5, 0.6) is 0 Å². The van der Waals surface area contributed by atoms with Gasteiger partial charge in [-0.1, -0.05) is 90.5 Å². The van der Waals surface area contributed by atoms with Crippen molar-refractivity contribution in [1.29, 1.82) is 0 Å². The van der Waals surface area contributed by atoms with Gasteiger partial charge in [0, 0.05) is 18.6 Å². The van der Waals surface area contributed by atoms with E-state index in [9.17, 15) is 14.4 Å². The van der Waals surface area contributed by atoms with Gasteiger partial charge in [0.1, 0.15) is 24.3 Å². The van der Waals surface area contributed by atoms with Crippen molar-refractivity contribution in [3.8, 4) is 11.1 Å². The van der Waals surface area contributed by atoms with E-state index < -0.39 is 29.7 Å². The molecule has 1 aliphatic heterocycles. The Bertz CT molecular complexity index is 1550. The minimum absolute atomic E-state index is 0.0155. The van der Waals surface area contributed by atoms with Crippen LogP contribution in [0.2, 0.25) is 0 Å². The zero-order valence-electron chi connectivity index (χ0n) is 24.1. The molecule has 1 aliphatic rings. The minimum atomic E-state index is -1.21. The van der Waals surface area contributed by atoms with Crippen LogP contribution < -0.4 is 0 Å². The van der Waals surface area contributed by atoms with Gasteiger partial charge in [0.15, 0.2) is 5.76 Å². The lowest BCUT2D eigenvalue weighted by Crippen LogP contribution is -2.42. The summed E-state index contributed by atoms with van der Waals surface area (Å²) < 4.78 is 16.9. The number of rotatable bonds is 13. The summed E-state index contributed by atoms with van der Waals surface area (Å²) in [4.78, 5) is 42.4. The van der Waals surface area contributed by atoms with Crippen molar-refractivity contribution in [3.05, 3.63) is 119 Å². The average molecular weight is 582 g/mol. The number of nitrogens with zero attached hydrogens (tertiary/aromatic N) is 1. The third-order valence-corrected chi connectivity index (χ3v) is 7.50. The summed E-state index contributed by atoms with van der Waals surface area (Å²) >= 11 is 0. The molecule has 3 aromatic carbocycles. The van der Waals surface area contributed by atoms with Gasteiger partial charge in [-0.05, 0) is 42.5 Å². The van der Waals surface area contributed by atoms with Gasteiger partial charge in [-0.2, -0.15) is 0 Å². The number of Topliss-reactive ketones (excluding diaryl/α,β-unsaturated/α-hetero) is 1. The highest BCUT2D eigenvalue weighted by Crippen LogP contribution is 2.34. The number of imide groups is 1. The molecule has 2 amide bonds. The van der Waals surface area contributed by atoms with E-state index in [1.54, 1.807) is 6.07 Å². The SMILES string of the molecule is Cc1cccc(-c2cc(C(=O)[C@H](Cc3ccccc3)C(=O)N3C(=O)OC[C@@H]3c3ccccc3)oc2CCCOCCO)c1. The quantitative estimate of drug-likeness (QED) is 0.118. The van der Waals surface area contributed by atoms with Crippen LogP contribution in [0, 0.1) is 12.8 Å².